The van der Waals surface area contributed by atoms with E-state index >= 15 is 0 Å². The standard InChI is InChI=1S/C21H23N5/c1-2-6-17(7-3-1)16-23-20-12-13-22-21(25-20)24-18-8-10-19(11-9-18)26-14-4-5-15-26/h1-3,6-13H,4-5,14-16H2,(H2,22,23,24,25). The molecule has 0 unspecified atom stereocenters. The van der Waals surface area contributed by atoms with Gasteiger partial charge in [-0.25, -0.2) is 4.98 Å². The molecular weight excluding hydrogens is 322 g/mol. The van der Waals surface area contributed by atoms with Crippen molar-refractivity contribution in [3.05, 3.63) is 72.4 Å². The van der Waals surface area contributed by atoms with E-state index in [0.29, 0.717) is 5.95 Å². The molecule has 1 aromatic heterocycles. The number of aromatic nitrogens is 2. The third kappa shape index (κ3) is 4.11. The number of hydrogen-bond donors (Lipinski definition) is 2. The fraction of sp³-hybridized carbons (Fsp3) is 0.238. The number of anilines is 4. The molecule has 2 N–H and O–H groups in total. The summed E-state index contributed by atoms with van der Waals surface area (Å²) in [5.74, 6) is 1.40. The predicted octanol–water partition coefficient (Wildman–Crippen LogP) is 4.43. The molecule has 0 aliphatic carbocycles. The van der Waals surface area contributed by atoms with Crippen molar-refractivity contribution in [1.82, 2.24) is 9.97 Å². The van der Waals surface area contributed by atoms with Crippen LogP contribution in [0.4, 0.5) is 23.1 Å². The van der Waals surface area contributed by atoms with E-state index in [0.717, 1.165) is 31.1 Å². The van der Waals surface area contributed by atoms with Crippen LogP contribution in [0.3, 0.4) is 0 Å². The van der Waals surface area contributed by atoms with Crippen molar-refractivity contribution in [2.24, 2.45) is 0 Å². The summed E-state index contributed by atoms with van der Waals surface area (Å²) >= 11 is 0. The molecule has 132 valence electrons. The fourth-order valence-electron chi connectivity index (χ4n) is 3.17. The second-order valence-electron chi connectivity index (χ2n) is 6.47. The summed E-state index contributed by atoms with van der Waals surface area (Å²) in [5.41, 5.74) is 3.50. The molecule has 4 rings (SSSR count). The first-order valence-electron chi connectivity index (χ1n) is 9.10. The molecule has 1 saturated heterocycles. The minimum Gasteiger partial charge on any atom is -0.372 e. The first-order valence-corrected chi connectivity index (χ1v) is 9.10. The van der Waals surface area contributed by atoms with Gasteiger partial charge in [-0.05, 0) is 48.7 Å². The zero-order valence-electron chi connectivity index (χ0n) is 14.7. The largest absolute Gasteiger partial charge is 0.372 e. The molecule has 0 bridgehead atoms. The quantitative estimate of drug-likeness (QED) is 0.692. The van der Waals surface area contributed by atoms with Gasteiger partial charge in [-0.15, -0.1) is 0 Å². The summed E-state index contributed by atoms with van der Waals surface area (Å²) in [5, 5.41) is 6.62. The highest BCUT2D eigenvalue weighted by molar-refractivity contribution is 5.60. The Hall–Kier alpha value is -3.08. The molecule has 0 amide bonds. The van der Waals surface area contributed by atoms with E-state index in [4.69, 9.17) is 0 Å². The maximum absolute atomic E-state index is 4.54. The molecule has 2 heterocycles. The van der Waals surface area contributed by atoms with Crippen LogP contribution >= 0.6 is 0 Å². The van der Waals surface area contributed by atoms with Gasteiger partial charge in [0.05, 0.1) is 0 Å². The van der Waals surface area contributed by atoms with Gasteiger partial charge in [0.2, 0.25) is 5.95 Å². The number of benzene rings is 2. The molecule has 0 radical (unpaired) electrons. The molecule has 1 fully saturated rings. The highest BCUT2D eigenvalue weighted by Gasteiger charge is 2.11. The lowest BCUT2D eigenvalue weighted by Crippen LogP contribution is -2.17. The molecule has 3 aromatic rings. The normalized spacial score (nSPS) is 13.6. The first kappa shape index (κ1) is 16.4. The Bertz CT molecular complexity index is 827. The summed E-state index contributed by atoms with van der Waals surface area (Å²) < 4.78 is 0. The molecular formula is C21H23N5. The van der Waals surface area contributed by atoms with Gasteiger partial charge in [-0.1, -0.05) is 30.3 Å². The van der Waals surface area contributed by atoms with Crippen molar-refractivity contribution in [1.29, 1.82) is 0 Å². The Morgan fingerprint density at radius 2 is 1.65 bits per heavy atom. The van der Waals surface area contributed by atoms with Crippen molar-refractivity contribution in [3.8, 4) is 0 Å². The van der Waals surface area contributed by atoms with E-state index in [9.17, 15) is 0 Å². The van der Waals surface area contributed by atoms with Crippen LogP contribution in [0.2, 0.25) is 0 Å². The average molecular weight is 345 g/mol. The van der Waals surface area contributed by atoms with Gasteiger partial charge in [0, 0.05) is 37.2 Å². The maximum atomic E-state index is 4.54. The van der Waals surface area contributed by atoms with E-state index in [2.05, 4.69) is 61.9 Å². The van der Waals surface area contributed by atoms with Gasteiger partial charge in [-0.2, -0.15) is 4.98 Å². The third-order valence-electron chi connectivity index (χ3n) is 4.57. The molecule has 0 atom stereocenters. The lowest BCUT2D eigenvalue weighted by molar-refractivity contribution is 0.949. The van der Waals surface area contributed by atoms with Crippen LogP contribution in [0.15, 0.2) is 66.9 Å². The van der Waals surface area contributed by atoms with Gasteiger partial charge >= 0.3 is 0 Å². The predicted molar refractivity (Wildman–Crippen MR) is 107 cm³/mol. The molecule has 5 nitrogen and oxygen atoms in total. The van der Waals surface area contributed by atoms with Crippen LogP contribution in [0.1, 0.15) is 18.4 Å². The van der Waals surface area contributed by atoms with Crippen LogP contribution in [-0.4, -0.2) is 23.1 Å². The topological polar surface area (TPSA) is 53.1 Å². The van der Waals surface area contributed by atoms with E-state index < -0.39 is 0 Å². The van der Waals surface area contributed by atoms with Crippen LogP contribution < -0.4 is 15.5 Å². The third-order valence-corrected chi connectivity index (χ3v) is 4.57. The van der Waals surface area contributed by atoms with E-state index in [-0.39, 0.29) is 0 Å². The minimum atomic E-state index is 0.594. The second-order valence-corrected chi connectivity index (χ2v) is 6.47. The van der Waals surface area contributed by atoms with Crippen molar-refractivity contribution in [2.45, 2.75) is 19.4 Å². The van der Waals surface area contributed by atoms with Gasteiger partial charge in [0.1, 0.15) is 5.82 Å². The van der Waals surface area contributed by atoms with Crippen molar-refractivity contribution in [2.75, 3.05) is 28.6 Å². The van der Waals surface area contributed by atoms with E-state index in [1.165, 1.54) is 24.1 Å². The summed E-state index contributed by atoms with van der Waals surface area (Å²) in [6.45, 7) is 3.05. The Morgan fingerprint density at radius 3 is 2.42 bits per heavy atom. The van der Waals surface area contributed by atoms with E-state index in [1.54, 1.807) is 6.20 Å². The van der Waals surface area contributed by atoms with Crippen LogP contribution in [0.25, 0.3) is 0 Å². The number of nitrogens with zero attached hydrogens (tertiary/aromatic N) is 3. The van der Waals surface area contributed by atoms with Gasteiger partial charge in [0.15, 0.2) is 0 Å². The van der Waals surface area contributed by atoms with Crippen LogP contribution in [0, 0.1) is 0 Å². The van der Waals surface area contributed by atoms with Crippen molar-refractivity contribution >= 4 is 23.1 Å². The molecule has 1 aliphatic heterocycles. The van der Waals surface area contributed by atoms with Gasteiger partial charge < -0.3 is 15.5 Å². The smallest absolute Gasteiger partial charge is 0.229 e. The Kier molecular flexibility index (Phi) is 4.96. The summed E-state index contributed by atoms with van der Waals surface area (Å²) in [4.78, 5) is 11.3. The SMILES string of the molecule is c1ccc(CNc2ccnc(Nc3ccc(N4CCCC4)cc3)n2)cc1. The van der Waals surface area contributed by atoms with Gasteiger partial charge in [0.25, 0.3) is 0 Å². The fourth-order valence-corrected chi connectivity index (χ4v) is 3.17. The maximum Gasteiger partial charge on any atom is 0.229 e. The molecule has 5 heteroatoms. The highest BCUT2D eigenvalue weighted by Crippen LogP contribution is 2.23. The Morgan fingerprint density at radius 1 is 0.885 bits per heavy atom. The molecule has 1 aliphatic rings. The lowest BCUT2D eigenvalue weighted by Gasteiger charge is -2.17. The Labute approximate surface area is 154 Å². The highest BCUT2D eigenvalue weighted by atomic mass is 15.2. The van der Waals surface area contributed by atoms with Crippen molar-refractivity contribution < 1.29 is 0 Å². The van der Waals surface area contributed by atoms with Gasteiger partial charge in [-0.3, -0.25) is 0 Å². The summed E-state index contributed by atoms with van der Waals surface area (Å²) in [7, 11) is 0. The first-order chi connectivity index (χ1) is 12.9. The second kappa shape index (κ2) is 7.87. The van der Waals surface area contributed by atoms with E-state index in [1.807, 2.05) is 24.3 Å². The van der Waals surface area contributed by atoms with Crippen LogP contribution in [-0.2, 0) is 6.54 Å². The van der Waals surface area contributed by atoms with Crippen LogP contribution in [0.5, 0.6) is 0 Å². The molecule has 0 saturated carbocycles. The molecule has 2 aromatic carbocycles. The number of rotatable bonds is 6. The summed E-state index contributed by atoms with van der Waals surface area (Å²) in [6, 6.07) is 20.6. The number of hydrogen-bond acceptors (Lipinski definition) is 5. The van der Waals surface area contributed by atoms with Crippen molar-refractivity contribution in [3.63, 3.8) is 0 Å². The average Bonchev–Trinajstić information content (AvgIpc) is 3.23. The monoisotopic (exact) mass is 345 g/mol. The summed E-state index contributed by atoms with van der Waals surface area (Å²) in [6.07, 6.45) is 4.34. The zero-order valence-corrected chi connectivity index (χ0v) is 14.7. The zero-order chi connectivity index (χ0) is 17.6. The molecule has 26 heavy (non-hydrogen) atoms. The minimum absolute atomic E-state index is 0.594. The molecule has 0 spiro atoms. The lowest BCUT2D eigenvalue weighted by atomic mass is 10.2. The Balaban J connectivity index is 1.38. The number of nitrogens with one attached hydrogen (secondary N) is 2.